The number of halogens is 2. The van der Waals surface area contributed by atoms with Crippen LogP contribution in [0.3, 0.4) is 0 Å². The molecule has 0 spiro atoms. The second kappa shape index (κ2) is 11.6. The third kappa shape index (κ3) is 7.30. The number of carbonyl (C=O) groups excluding carboxylic acids is 1. The molecular weight excluding hydrogens is 367 g/mol. The molecule has 1 amide bonds. The molecule has 136 valence electrons. The van der Waals surface area contributed by atoms with E-state index in [4.69, 9.17) is 0 Å². The maximum atomic E-state index is 11.8. The number of aromatic nitrogens is 2. The Morgan fingerprint density at radius 2 is 2.08 bits per heavy atom. The number of aryl methyl sites for hydroxylation is 1. The Bertz CT molecular complexity index is 636. The predicted octanol–water partition coefficient (Wildman–Crippen LogP) is 2.83. The minimum Gasteiger partial charge on any atom is -0.354 e. The Morgan fingerprint density at radius 1 is 1.33 bits per heavy atom. The van der Waals surface area contributed by atoms with Crippen molar-refractivity contribution in [1.29, 1.82) is 0 Å². The number of rotatable bonds is 8. The third-order valence-electron chi connectivity index (χ3n) is 3.29. The molecule has 0 aliphatic carbocycles. The lowest BCUT2D eigenvalue weighted by Gasteiger charge is -2.12. The molecule has 2 N–H and O–H groups in total. The van der Waals surface area contributed by atoms with Gasteiger partial charge in [0, 0.05) is 30.7 Å². The van der Waals surface area contributed by atoms with E-state index in [-0.39, 0.29) is 30.7 Å². The lowest BCUT2D eigenvalue weighted by molar-refractivity contribution is -0.118. The number of fused-ring (bicyclic) bond motifs is 1. The fourth-order valence-electron chi connectivity index (χ4n) is 2.21. The van der Waals surface area contributed by atoms with Gasteiger partial charge in [0.1, 0.15) is 5.65 Å². The fourth-order valence-corrected chi connectivity index (χ4v) is 2.95. The molecule has 5 nitrogen and oxygen atoms in total. The molecule has 24 heavy (non-hydrogen) atoms. The Labute approximate surface area is 160 Å². The molecule has 0 saturated heterocycles. The second-order valence-electron chi connectivity index (χ2n) is 5.46. The van der Waals surface area contributed by atoms with Crippen LogP contribution in [0.2, 0.25) is 0 Å². The van der Waals surface area contributed by atoms with E-state index in [2.05, 4.69) is 48.7 Å². The molecule has 2 rings (SSSR count). The predicted molar refractivity (Wildman–Crippen MR) is 107 cm³/mol. The van der Waals surface area contributed by atoms with Crippen LogP contribution in [0.25, 0.3) is 5.65 Å². The summed E-state index contributed by atoms with van der Waals surface area (Å²) in [5.41, 5.74) is 3.16. The lowest BCUT2D eigenvalue weighted by Crippen LogP contribution is -2.39. The van der Waals surface area contributed by atoms with E-state index in [1.54, 1.807) is 11.8 Å². The zero-order valence-electron chi connectivity index (χ0n) is 14.2. The van der Waals surface area contributed by atoms with Gasteiger partial charge in [-0.2, -0.15) is 0 Å². The van der Waals surface area contributed by atoms with Crippen molar-refractivity contribution in [3.05, 3.63) is 35.8 Å². The first-order valence-corrected chi connectivity index (χ1v) is 8.76. The Kier molecular flexibility index (Phi) is 11.1. The highest BCUT2D eigenvalue weighted by atomic mass is 35.5. The van der Waals surface area contributed by atoms with E-state index in [9.17, 15) is 4.79 Å². The van der Waals surface area contributed by atoms with Crippen LogP contribution in [0.1, 0.15) is 25.1 Å². The number of thioether (sulfide) groups is 1. The number of nitrogens with one attached hydrogen (secondary N) is 2. The summed E-state index contributed by atoms with van der Waals surface area (Å²) >= 11 is 1.59. The molecule has 0 aliphatic heterocycles. The van der Waals surface area contributed by atoms with E-state index in [0.29, 0.717) is 18.3 Å². The van der Waals surface area contributed by atoms with Gasteiger partial charge in [-0.3, -0.25) is 4.79 Å². The van der Waals surface area contributed by atoms with Crippen molar-refractivity contribution in [3.8, 4) is 0 Å². The molecule has 2 aromatic rings. The minimum atomic E-state index is 0. The Hall–Kier alpha value is -0.950. The van der Waals surface area contributed by atoms with Crippen molar-refractivity contribution in [2.75, 3.05) is 18.8 Å². The van der Waals surface area contributed by atoms with Crippen molar-refractivity contribution in [2.24, 2.45) is 0 Å². The Morgan fingerprint density at radius 3 is 2.79 bits per heavy atom. The summed E-state index contributed by atoms with van der Waals surface area (Å²) in [6.45, 7) is 7.77. The van der Waals surface area contributed by atoms with E-state index < -0.39 is 0 Å². The summed E-state index contributed by atoms with van der Waals surface area (Å²) in [5, 5.41) is 6.21. The minimum absolute atomic E-state index is 0. The maximum Gasteiger partial charge on any atom is 0.230 e. The molecule has 0 fully saturated rings. The average Bonchev–Trinajstić information content (AvgIpc) is 2.87. The van der Waals surface area contributed by atoms with Crippen molar-refractivity contribution >= 4 is 48.1 Å². The van der Waals surface area contributed by atoms with Crippen molar-refractivity contribution < 1.29 is 4.79 Å². The summed E-state index contributed by atoms with van der Waals surface area (Å²) in [5.74, 6) is 1.29. The molecule has 0 bridgehead atoms. The Balaban J connectivity index is 0.00000264. The molecule has 1 atom stereocenters. The molecule has 0 saturated carbocycles. The van der Waals surface area contributed by atoms with Gasteiger partial charge in [0.05, 0.1) is 11.4 Å². The molecule has 8 heteroatoms. The molecule has 2 aromatic heterocycles. The fraction of sp³-hybridized carbons (Fsp3) is 0.500. The van der Waals surface area contributed by atoms with Crippen LogP contribution in [0.15, 0.2) is 24.5 Å². The summed E-state index contributed by atoms with van der Waals surface area (Å²) < 4.78 is 2.03. The molecule has 0 aliphatic rings. The summed E-state index contributed by atoms with van der Waals surface area (Å²) in [6, 6.07) is 4.37. The highest BCUT2D eigenvalue weighted by Gasteiger charge is 2.06. The highest BCUT2D eigenvalue weighted by molar-refractivity contribution is 7.99. The standard InChI is InChI=1S/C16H24N4OS.2ClH/c1-4-17-13(3)7-18-16(21)11-22-10-14-9-20-8-12(2)5-6-15(20)19-14;;/h5-6,8-9,13,17H,4,7,10-11H2,1-3H3,(H,18,21);2*1H/t13-;;/m1../s1. The van der Waals surface area contributed by atoms with Crippen LogP contribution < -0.4 is 10.6 Å². The lowest BCUT2D eigenvalue weighted by atomic mass is 10.3. The topological polar surface area (TPSA) is 58.4 Å². The van der Waals surface area contributed by atoms with Crippen LogP contribution in [0, 0.1) is 6.92 Å². The molecular formula is C16H26Cl2N4OS. The number of imidazole rings is 1. The summed E-state index contributed by atoms with van der Waals surface area (Å²) in [4.78, 5) is 16.3. The van der Waals surface area contributed by atoms with Gasteiger partial charge in [0.15, 0.2) is 0 Å². The van der Waals surface area contributed by atoms with Crippen LogP contribution in [0.5, 0.6) is 0 Å². The first-order valence-electron chi connectivity index (χ1n) is 7.60. The SMILES string of the molecule is CCN[C@H](C)CNC(=O)CSCc1cn2cc(C)ccc2n1.Cl.Cl. The first-order chi connectivity index (χ1) is 10.6. The number of carbonyl (C=O) groups is 1. The van der Waals surface area contributed by atoms with Gasteiger partial charge in [-0.25, -0.2) is 4.98 Å². The van der Waals surface area contributed by atoms with Crippen molar-refractivity contribution in [3.63, 3.8) is 0 Å². The number of nitrogens with zero attached hydrogens (tertiary/aromatic N) is 2. The zero-order chi connectivity index (χ0) is 15.9. The molecule has 0 unspecified atom stereocenters. The van der Waals surface area contributed by atoms with Gasteiger partial charge in [-0.15, -0.1) is 36.6 Å². The second-order valence-corrected chi connectivity index (χ2v) is 6.45. The number of amides is 1. The van der Waals surface area contributed by atoms with Crippen LogP contribution in [-0.4, -0.2) is 40.2 Å². The summed E-state index contributed by atoms with van der Waals surface area (Å²) in [7, 11) is 0. The van der Waals surface area contributed by atoms with Crippen molar-refractivity contribution in [2.45, 2.75) is 32.6 Å². The van der Waals surface area contributed by atoms with Gasteiger partial charge in [-0.05, 0) is 32.0 Å². The monoisotopic (exact) mass is 392 g/mol. The van der Waals surface area contributed by atoms with Crippen LogP contribution >= 0.6 is 36.6 Å². The average molecular weight is 393 g/mol. The van der Waals surface area contributed by atoms with Gasteiger partial charge >= 0.3 is 0 Å². The number of hydrogen-bond acceptors (Lipinski definition) is 4. The van der Waals surface area contributed by atoms with E-state index >= 15 is 0 Å². The molecule has 0 radical (unpaired) electrons. The number of pyridine rings is 1. The van der Waals surface area contributed by atoms with Gasteiger partial charge in [-0.1, -0.05) is 13.0 Å². The van der Waals surface area contributed by atoms with Gasteiger partial charge in [0.2, 0.25) is 5.91 Å². The van der Waals surface area contributed by atoms with Crippen LogP contribution in [0.4, 0.5) is 0 Å². The highest BCUT2D eigenvalue weighted by Crippen LogP contribution is 2.13. The van der Waals surface area contributed by atoms with Crippen LogP contribution in [-0.2, 0) is 10.5 Å². The van der Waals surface area contributed by atoms with Gasteiger partial charge in [0.25, 0.3) is 0 Å². The number of hydrogen-bond donors (Lipinski definition) is 2. The van der Waals surface area contributed by atoms with Gasteiger partial charge < -0.3 is 15.0 Å². The third-order valence-corrected chi connectivity index (χ3v) is 4.26. The first kappa shape index (κ1) is 23.1. The number of likely N-dealkylation sites (N-methyl/N-ethyl adjacent to an activating group) is 1. The largest absolute Gasteiger partial charge is 0.354 e. The van der Waals surface area contributed by atoms with E-state index in [0.717, 1.165) is 23.6 Å². The van der Waals surface area contributed by atoms with Crippen molar-refractivity contribution in [1.82, 2.24) is 20.0 Å². The normalized spacial score (nSPS) is 11.5. The maximum absolute atomic E-state index is 11.8. The van der Waals surface area contributed by atoms with E-state index in [1.165, 1.54) is 5.56 Å². The smallest absolute Gasteiger partial charge is 0.230 e. The molecule has 0 aromatic carbocycles. The van der Waals surface area contributed by atoms with E-state index in [1.807, 2.05) is 16.7 Å². The quantitative estimate of drug-likeness (QED) is 0.724. The summed E-state index contributed by atoms with van der Waals surface area (Å²) in [6.07, 6.45) is 4.09. The molecule has 2 heterocycles. The zero-order valence-corrected chi connectivity index (χ0v) is 16.7.